The Morgan fingerprint density at radius 1 is 1.38 bits per heavy atom. The normalized spacial score (nSPS) is 18.6. The van der Waals surface area contributed by atoms with Crippen molar-refractivity contribution in [2.24, 2.45) is 5.41 Å². The van der Waals surface area contributed by atoms with E-state index in [1.165, 1.54) is 6.08 Å². The average Bonchev–Trinajstić information content (AvgIpc) is 2.16. The smallest absolute Gasteiger partial charge is 0.311 e. The lowest BCUT2D eigenvalue weighted by Gasteiger charge is -2.37. The van der Waals surface area contributed by atoms with E-state index in [0.29, 0.717) is 12.8 Å². The number of hydrogen-bond donors (Lipinski definition) is 2. The maximum atomic E-state index is 11.3. The molecule has 0 saturated heterocycles. The van der Waals surface area contributed by atoms with E-state index in [0.717, 1.165) is 6.42 Å². The van der Waals surface area contributed by atoms with Gasteiger partial charge >= 0.3 is 5.97 Å². The molecule has 2 N–H and O–H groups in total. The fourth-order valence-corrected chi connectivity index (χ4v) is 1.64. The van der Waals surface area contributed by atoms with Crippen molar-refractivity contribution in [3.05, 3.63) is 24.3 Å². The minimum atomic E-state index is -0.809. The van der Waals surface area contributed by atoms with Crippen LogP contribution in [-0.4, -0.2) is 23.5 Å². The molecule has 88 valence electrons. The van der Waals surface area contributed by atoms with Crippen LogP contribution in [0.5, 0.6) is 0 Å². The Labute approximate surface area is 95.0 Å². The summed E-state index contributed by atoms with van der Waals surface area (Å²) < 4.78 is 0. The second-order valence-corrected chi connectivity index (χ2v) is 4.04. The number of allylic oxidation sites excluding steroid dienone is 3. The number of aliphatic carboxylic acids is 1. The van der Waals surface area contributed by atoms with Gasteiger partial charge in [0.15, 0.2) is 0 Å². The molecule has 4 nitrogen and oxygen atoms in total. The Kier molecular flexibility index (Phi) is 4.28. The van der Waals surface area contributed by atoms with Crippen molar-refractivity contribution in [3.63, 3.8) is 0 Å². The highest BCUT2D eigenvalue weighted by molar-refractivity contribution is 5.88. The van der Waals surface area contributed by atoms with E-state index in [9.17, 15) is 9.59 Å². The first-order chi connectivity index (χ1) is 7.60. The highest BCUT2D eigenvalue weighted by Gasteiger charge is 2.44. The van der Waals surface area contributed by atoms with Gasteiger partial charge in [0, 0.05) is 12.6 Å². The summed E-state index contributed by atoms with van der Waals surface area (Å²) in [4.78, 5) is 22.3. The molecule has 0 aromatic rings. The quantitative estimate of drug-likeness (QED) is 0.548. The van der Waals surface area contributed by atoms with Gasteiger partial charge in [-0.15, -0.1) is 0 Å². The molecule has 1 rings (SSSR count). The lowest BCUT2D eigenvalue weighted by Crippen LogP contribution is -2.47. The number of carboxylic acids is 1. The van der Waals surface area contributed by atoms with Crippen LogP contribution in [0, 0.1) is 5.41 Å². The molecule has 0 radical (unpaired) electrons. The number of amides is 1. The fraction of sp³-hybridized carbons (Fsp3) is 0.500. The molecule has 1 amide bonds. The van der Waals surface area contributed by atoms with Crippen LogP contribution >= 0.6 is 0 Å². The molecule has 0 spiro atoms. The molecule has 0 aromatic heterocycles. The summed E-state index contributed by atoms with van der Waals surface area (Å²) in [5.74, 6) is -1.05. The first-order valence-corrected chi connectivity index (χ1v) is 5.41. The van der Waals surface area contributed by atoms with Gasteiger partial charge in [-0.2, -0.15) is 0 Å². The van der Waals surface area contributed by atoms with E-state index >= 15 is 0 Å². The van der Waals surface area contributed by atoms with Crippen LogP contribution in [0.1, 0.15) is 26.2 Å². The van der Waals surface area contributed by atoms with E-state index in [2.05, 4.69) is 5.32 Å². The molecule has 0 unspecified atom stereocenters. The van der Waals surface area contributed by atoms with Crippen LogP contribution in [0.4, 0.5) is 0 Å². The molecule has 0 bridgehead atoms. The zero-order valence-electron chi connectivity index (χ0n) is 9.40. The van der Waals surface area contributed by atoms with Gasteiger partial charge in [0.2, 0.25) is 5.91 Å². The summed E-state index contributed by atoms with van der Waals surface area (Å²) >= 11 is 0. The van der Waals surface area contributed by atoms with Gasteiger partial charge in [0.1, 0.15) is 0 Å². The number of carbonyl (C=O) groups is 2. The maximum absolute atomic E-state index is 11.3. The maximum Gasteiger partial charge on any atom is 0.311 e. The van der Waals surface area contributed by atoms with Gasteiger partial charge in [-0.25, -0.2) is 0 Å². The monoisotopic (exact) mass is 223 g/mol. The summed E-state index contributed by atoms with van der Waals surface area (Å²) in [5.41, 5.74) is -0.718. The Morgan fingerprint density at radius 2 is 2.06 bits per heavy atom. The second-order valence-electron chi connectivity index (χ2n) is 4.04. The van der Waals surface area contributed by atoms with Crippen LogP contribution in [0.25, 0.3) is 0 Å². The molecule has 4 heteroatoms. The predicted octanol–water partition coefficient (Wildman–Crippen LogP) is 1.49. The predicted molar refractivity (Wildman–Crippen MR) is 60.9 cm³/mol. The third-order valence-electron chi connectivity index (χ3n) is 2.92. The summed E-state index contributed by atoms with van der Waals surface area (Å²) in [6.07, 6.45) is 8.82. The number of carboxylic acid groups (broad SMARTS) is 1. The molecule has 0 atom stereocenters. The lowest BCUT2D eigenvalue weighted by atomic mass is 9.69. The second kappa shape index (κ2) is 5.49. The highest BCUT2D eigenvalue weighted by Crippen LogP contribution is 2.40. The van der Waals surface area contributed by atoms with Gasteiger partial charge in [-0.05, 0) is 19.8 Å². The summed E-state index contributed by atoms with van der Waals surface area (Å²) in [6.45, 7) is 2.08. The molecule has 16 heavy (non-hydrogen) atoms. The molecule has 1 aliphatic carbocycles. The van der Waals surface area contributed by atoms with Crippen molar-refractivity contribution < 1.29 is 14.7 Å². The Hall–Kier alpha value is -1.58. The minimum absolute atomic E-state index is 0.224. The van der Waals surface area contributed by atoms with Crippen LogP contribution in [-0.2, 0) is 9.59 Å². The number of rotatable bonds is 5. The van der Waals surface area contributed by atoms with Crippen molar-refractivity contribution in [2.75, 3.05) is 6.54 Å². The molecule has 0 heterocycles. The van der Waals surface area contributed by atoms with Gasteiger partial charge in [0.25, 0.3) is 0 Å². The Morgan fingerprint density at radius 3 is 2.50 bits per heavy atom. The lowest BCUT2D eigenvalue weighted by molar-refractivity contribution is -0.154. The number of nitrogens with one attached hydrogen (secondary N) is 1. The first-order valence-electron chi connectivity index (χ1n) is 5.41. The standard InChI is InChI=1S/C12H17NO3/c1-2-3-4-6-10(14)13-9-12(11(15)16)7-5-8-12/h2-4,6H,5,7-9H2,1H3,(H,13,14)(H,15,16). The third-order valence-corrected chi connectivity index (χ3v) is 2.92. The Balaban J connectivity index is 2.39. The summed E-state index contributed by atoms with van der Waals surface area (Å²) in [5, 5.41) is 11.7. The van der Waals surface area contributed by atoms with Crippen LogP contribution in [0.15, 0.2) is 24.3 Å². The van der Waals surface area contributed by atoms with Gasteiger partial charge < -0.3 is 10.4 Å². The average molecular weight is 223 g/mol. The van der Waals surface area contributed by atoms with Gasteiger partial charge in [-0.3, -0.25) is 9.59 Å². The SMILES string of the molecule is CC=CC=CC(=O)NCC1(C(=O)O)CCC1. The summed E-state index contributed by atoms with van der Waals surface area (Å²) in [6, 6.07) is 0. The molecule has 0 aliphatic heterocycles. The van der Waals surface area contributed by atoms with Crippen molar-refractivity contribution >= 4 is 11.9 Å². The third kappa shape index (κ3) is 2.95. The molecule has 1 fully saturated rings. The minimum Gasteiger partial charge on any atom is -0.481 e. The van der Waals surface area contributed by atoms with E-state index in [4.69, 9.17) is 5.11 Å². The summed E-state index contributed by atoms with van der Waals surface area (Å²) in [7, 11) is 0. The van der Waals surface area contributed by atoms with E-state index in [1.54, 1.807) is 12.2 Å². The van der Waals surface area contributed by atoms with Crippen molar-refractivity contribution in [3.8, 4) is 0 Å². The largest absolute Gasteiger partial charge is 0.481 e. The van der Waals surface area contributed by atoms with Gasteiger partial charge in [-0.1, -0.05) is 24.6 Å². The van der Waals surface area contributed by atoms with E-state index in [-0.39, 0.29) is 12.5 Å². The first kappa shape index (κ1) is 12.5. The van der Waals surface area contributed by atoms with Crippen molar-refractivity contribution in [1.29, 1.82) is 0 Å². The molecule has 0 aromatic carbocycles. The number of hydrogen-bond acceptors (Lipinski definition) is 2. The highest BCUT2D eigenvalue weighted by atomic mass is 16.4. The fourth-order valence-electron chi connectivity index (χ4n) is 1.64. The number of carbonyl (C=O) groups excluding carboxylic acids is 1. The Bertz CT molecular complexity index is 327. The van der Waals surface area contributed by atoms with Crippen LogP contribution in [0.2, 0.25) is 0 Å². The van der Waals surface area contributed by atoms with Crippen molar-refractivity contribution in [2.45, 2.75) is 26.2 Å². The molecule has 1 aliphatic rings. The zero-order valence-corrected chi connectivity index (χ0v) is 9.40. The van der Waals surface area contributed by atoms with Crippen LogP contribution < -0.4 is 5.32 Å². The molecular weight excluding hydrogens is 206 g/mol. The van der Waals surface area contributed by atoms with E-state index < -0.39 is 11.4 Å². The zero-order chi connectivity index (χ0) is 12.0. The van der Waals surface area contributed by atoms with Crippen molar-refractivity contribution in [1.82, 2.24) is 5.32 Å². The molecular formula is C12H17NO3. The molecule has 1 saturated carbocycles. The van der Waals surface area contributed by atoms with Crippen LogP contribution in [0.3, 0.4) is 0 Å². The van der Waals surface area contributed by atoms with Gasteiger partial charge in [0.05, 0.1) is 5.41 Å². The topological polar surface area (TPSA) is 66.4 Å². The van der Waals surface area contributed by atoms with E-state index in [1.807, 2.05) is 13.0 Å².